The number of anilines is 1. The van der Waals surface area contributed by atoms with Crippen molar-refractivity contribution in [2.24, 2.45) is 5.92 Å². The number of nitrogens with zero attached hydrogens (tertiary/aromatic N) is 3. The van der Waals surface area contributed by atoms with Crippen molar-refractivity contribution < 1.29 is 19.1 Å². The van der Waals surface area contributed by atoms with Crippen LogP contribution in [0.5, 0.6) is 5.75 Å². The molecule has 0 aliphatic carbocycles. The van der Waals surface area contributed by atoms with E-state index in [0.29, 0.717) is 30.2 Å². The average Bonchev–Trinajstić information content (AvgIpc) is 2.79. The van der Waals surface area contributed by atoms with E-state index in [1.807, 2.05) is 6.92 Å². The van der Waals surface area contributed by atoms with Gasteiger partial charge in [-0.05, 0) is 31.0 Å². The molecule has 0 bridgehead atoms. The van der Waals surface area contributed by atoms with E-state index in [0.717, 1.165) is 6.54 Å². The zero-order chi connectivity index (χ0) is 22.4. The Labute approximate surface area is 182 Å². The Morgan fingerprint density at radius 2 is 2.13 bits per heavy atom. The van der Waals surface area contributed by atoms with Crippen molar-refractivity contribution in [3.05, 3.63) is 48.0 Å². The van der Waals surface area contributed by atoms with Gasteiger partial charge in [0, 0.05) is 51.4 Å². The van der Waals surface area contributed by atoms with E-state index in [9.17, 15) is 9.59 Å². The molecule has 31 heavy (non-hydrogen) atoms. The van der Waals surface area contributed by atoms with Crippen LogP contribution in [0.4, 0.5) is 5.69 Å². The maximum atomic E-state index is 13.2. The van der Waals surface area contributed by atoms with E-state index in [4.69, 9.17) is 9.47 Å². The quantitative estimate of drug-likeness (QED) is 0.770. The first-order chi connectivity index (χ1) is 14.9. The number of carbonyl (C=O) groups is 2. The minimum atomic E-state index is -0.408. The third-order valence-electron chi connectivity index (χ3n) is 5.28. The fourth-order valence-electron chi connectivity index (χ4n) is 3.35. The van der Waals surface area contributed by atoms with Gasteiger partial charge in [0.05, 0.1) is 17.9 Å². The van der Waals surface area contributed by atoms with Crippen molar-refractivity contribution in [1.29, 1.82) is 0 Å². The summed E-state index contributed by atoms with van der Waals surface area (Å²) in [5.41, 5.74) is 1.02. The number of aromatic nitrogens is 2. The van der Waals surface area contributed by atoms with Crippen molar-refractivity contribution in [1.82, 2.24) is 20.2 Å². The number of benzene rings is 1. The Hall–Kier alpha value is -3.04. The third-order valence-corrected chi connectivity index (χ3v) is 5.28. The van der Waals surface area contributed by atoms with E-state index < -0.39 is 5.91 Å². The number of carbonyl (C=O) groups excluding carboxylic acids is 2. The van der Waals surface area contributed by atoms with Gasteiger partial charge in [0.1, 0.15) is 18.1 Å². The topological polar surface area (TPSA) is 106 Å². The zero-order valence-corrected chi connectivity index (χ0v) is 18.3. The molecule has 2 aromatic rings. The first-order valence-electron chi connectivity index (χ1n) is 10.2. The van der Waals surface area contributed by atoms with E-state index in [2.05, 4.69) is 27.5 Å². The highest BCUT2D eigenvalue weighted by molar-refractivity contribution is 6.04. The van der Waals surface area contributed by atoms with Gasteiger partial charge in [-0.1, -0.05) is 6.92 Å². The third kappa shape index (κ3) is 5.77. The van der Waals surface area contributed by atoms with Gasteiger partial charge < -0.3 is 25.0 Å². The van der Waals surface area contributed by atoms with Crippen LogP contribution in [0.1, 0.15) is 34.7 Å². The molecule has 2 amide bonds. The van der Waals surface area contributed by atoms with E-state index in [1.165, 1.54) is 18.6 Å². The normalized spacial score (nSPS) is 22.5. The minimum Gasteiger partial charge on any atom is -0.491 e. The van der Waals surface area contributed by atoms with Crippen LogP contribution in [0.25, 0.3) is 0 Å². The summed E-state index contributed by atoms with van der Waals surface area (Å²) < 4.78 is 11.6. The molecule has 1 aliphatic heterocycles. The molecular weight excluding hydrogens is 398 g/mol. The molecular formula is C22H29N5O4. The number of methoxy groups -OCH3 is 1. The van der Waals surface area contributed by atoms with Gasteiger partial charge in [0.25, 0.3) is 11.8 Å². The summed E-state index contributed by atoms with van der Waals surface area (Å²) >= 11 is 0. The van der Waals surface area contributed by atoms with Crippen LogP contribution in [-0.4, -0.2) is 72.7 Å². The highest BCUT2D eigenvalue weighted by Crippen LogP contribution is 2.26. The molecule has 2 heterocycles. The minimum absolute atomic E-state index is 0.0936. The largest absolute Gasteiger partial charge is 0.491 e. The Balaban J connectivity index is 1.88. The number of likely N-dealkylation sites (N-methyl/N-ethyl adjacent to an activating group) is 1. The molecule has 1 aromatic carbocycles. The molecule has 0 saturated heterocycles. The molecule has 9 nitrogen and oxygen atoms in total. The zero-order valence-electron chi connectivity index (χ0n) is 18.3. The summed E-state index contributed by atoms with van der Waals surface area (Å²) in [7, 11) is 3.39. The average molecular weight is 428 g/mol. The second-order valence-electron chi connectivity index (χ2n) is 7.81. The Bertz CT molecular complexity index is 908. The molecule has 0 saturated carbocycles. The number of fused-ring (bicyclic) bond motifs is 1. The second-order valence-corrected chi connectivity index (χ2v) is 7.81. The highest BCUT2D eigenvalue weighted by atomic mass is 16.5. The smallest absolute Gasteiger partial charge is 0.275 e. The lowest BCUT2D eigenvalue weighted by molar-refractivity contribution is 0.0281. The summed E-state index contributed by atoms with van der Waals surface area (Å²) in [6, 6.07) is 5.11. The lowest BCUT2D eigenvalue weighted by atomic mass is 10.0. The highest BCUT2D eigenvalue weighted by Gasteiger charge is 2.25. The fraction of sp³-hybridized carbons (Fsp3) is 0.455. The lowest BCUT2D eigenvalue weighted by Crippen LogP contribution is -2.44. The molecule has 0 radical (unpaired) electrons. The standard InChI is InChI=1S/C22H29N5O4/c1-14-10-25-15(2)13-31-19-6-5-16(26-21(28)18-11-23-7-8-24-18)9-17(19)22(29)27(3)12-20(14)30-4/h5-9,11,14-15,20,25H,10,12-13H2,1-4H3,(H,26,28)/t14-,15+,20-/m1/s1. The van der Waals surface area contributed by atoms with Gasteiger partial charge in [-0.25, -0.2) is 4.98 Å². The van der Waals surface area contributed by atoms with E-state index in [1.54, 1.807) is 37.3 Å². The second kappa shape index (κ2) is 10.3. The van der Waals surface area contributed by atoms with E-state index in [-0.39, 0.29) is 29.7 Å². The van der Waals surface area contributed by atoms with Gasteiger partial charge in [-0.15, -0.1) is 0 Å². The molecule has 0 fully saturated rings. The van der Waals surface area contributed by atoms with Crippen LogP contribution in [0.15, 0.2) is 36.8 Å². The van der Waals surface area contributed by atoms with Gasteiger partial charge in [-0.3, -0.25) is 14.6 Å². The molecule has 3 atom stereocenters. The Kier molecular flexibility index (Phi) is 7.54. The summed E-state index contributed by atoms with van der Waals surface area (Å²) in [6.07, 6.45) is 4.21. The molecule has 0 unspecified atom stereocenters. The van der Waals surface area contributed by atoms with Crippen molar-refractivity contribution in [2.75, 3.05) is 39.2 Å². The molecule has 9 heteroatoms. The maximum absolute atomic E-state index is 13.2. The maximum Gasteiger partial charge on any atom is 0.275 e. The molecule has 0 spiro atoms. The molecule has 166 valence electrons. The van der Waals surface area contributed by atoms with Crippen LogP contribution in [0.3, 0.4) is 0 Å². The SMILES string of the molecule is CO[C@@H]1CN(C)C(=O)c2cc(NC(=O)c3cnccn3)ccc2OC[C@H](C)NC[C@H]1C. The van der Waals surface area contributed by atoms with E-state index >= 15 is 0 Å². The predicted octanol–water partition coefficient (Wildman–Crippen LogP) is 1.82. The Morgan fingerprint density at radius 1 is 1.32 bits per heavy atom. The van der Waals surface area contributed by atoms with Crippen LogP contribution >= 0.6 is 0 Å². The molecule has 3 rings (SSSR count). The molecule has 2 N–H and O–H groups in total. The van der Waals surface area contributed by atoms with Crippen molar-refractivity contribution in [3.63, 3.8) is 0 Å². The summed E-state index contributed by atoms with van der Waals surface area (Å²) in [5, 5.41) is 6.21. The predicted molar refractivity (Wildman–Crippen MR) is 116 cm³/mol. The Morgan fingerprint density at radius 3 is 2.84 bits per heavy atom. The van der Waals surface area contributed by atoms with Gasteiger partial charge in [0.2, 0.25) is 0 Å². The summed E-state index contributed by atoms with van der Waals surface area (Å²) in [5.74, 6) is 0.0554. The van der Waals surface area contributed by atoms with Crippen molar-refractivity contribution in [2.45, 2.75) is 26.0 Å². The number of amides is 2. The van der Waals surface area contributed by atoms with Crippen LogP contribution in [0.2, 0.25) is 0 Å². The number of hydrogen-bond donors (Lipinski definition) is 2. The number of ether oxygens (including phenoxy) is 2. The molecule has 1 aromatic heterocycles. The monoisotopic (exact) mass is 427 g/mol. The molecule has 1 aliphatic rings. The van der Waals surface area contributed by atoms with Gasteiger partial charge in [0.15, 0.2) is 0 Å². The van der Waals surface area contributed by atoms with Crippen molar-refractivity contribution in [3.8, 4) is 5.75 Å². The van der Waals surface area contributed by atoms with Gasteiger partial charge in [-0.2, -0.15) is 0 Å². The van der Waals surface area contributed by atoms with Crippen LogP contribution < -0.4 is 15.4 Å². The number of nitrogens with one attached hydrogen (secondary N) is 2. The fourth-order valence-corrected chi connectivity index (χ4v) is 3.35. The number of hydrogen-bond acceptors (Lipinski definition) is 7. The summed E-state index contributed by atoms with van der Waals surface area (Å²) in [4.78, 5) is 35.2. The number of rotatable bonds is 3. The first kappa shape index (κ1) is 22.6. The van der Waals surface area contributed by atoms with Crippen molar-refractivity contribution >= 4 is 17.5 Å². The lowest BCUT2D eigenvalue weighted by Gasteiger charge is -2.30. The first-order valence-corrected chi connectivity index (χ1v) is 10.2. The van der Waals surface area contributed by atoms with Gasteiger partial charge >= 0.3 is 0 Å². The van der Waals surface area contributed by atoms with Crippen LogP contribution in [0, 0.1) is 5.92 Å². The van der Waals surface area contributed by atoms with Crippen LogP contribution in [-0.2, 0) is 4.74 Å². The summed E-state index contributed by atoms with van der Waals surface area (Å²) in [6.45, 7) is 5.71.